The summed E-state index contributed by atoms with van der Waals surface area (Å²) in [7, 11) is 0. The number of carbonyl (C=O) groups excluding carboxylic acids is 1. The predicted octanol–water partition coefficient (Wildman–Crippen LogP) is 0.927. The van der Waals surface area contributed by atoms with E-state index in [1.807, 2.05) is 6.92 Å². The highest BCUT2D eigenvalue weighted by molar-refractivity contribution is 5.88. The molecule has 0 atom stereocenters. The molecule has 1 aliphatic carbocycles. The van der Waals surface area contributed by atoms with Gasteiger partial charge in [0.15, 0.2) is 0 Å². The molecule has 0 radical (unpaired) electrons. The van der Waals surface area contributed by atoms with E-state index in [4.69, 9.17) is 9.84 Å². The summed E-state index contributed by atoms with van der Waals surface area (Å²) in [4.78, 5) is 22.4. The van der Waals surface area contributed by atoms with Crippen molar-refractivity contribution in [2.45, 2.75) is 44.6 Å². The fourth-order valence-corrected chi connectivity index (χ4v) is 1.64. The molecule has 16 heavy (non-hydrogen) atoms. The minimum absolute atomic E-state index is 0.0466. The minimum atomic E-state index is -1.02. The number of amides is 1. The summed E-state index contributed by atoms with van der Waals surface area (Å²) in [6.45, 7) is 2.54. The van der Waals surface area contributed by atoms with Gasteiger partial charge in [-0.05, 0) is 25.7 Å². The Kier molecular flexibility index (Phi) is 4.73. The molecule has 1 amide bonds. The molecule has 0 spiro atoms. The lowest BCUT2D eigenvalue weighted by Crippen LogP contribution is -2.59. The number of unbranched alkanes of at least 4 members (excludes halogenated alkanes) is 1. The lowest BCUT2D eigenvalue weighted by molar-refractivity contribution is -0.152. The van der Waals surface area contributed by atoms with Gasteiger partial charge in [0, 0.05) is 6.61 Å². The van der Waals surface area contributed by atoms with Crippen molar-refractivity contribution in [1.82, 2.24) is 5.32 Å². The molecule has 0 saturated heterocycles. The summed E-state index contributed by atoms with van der Waals surface area (Å²) >= 11 is 0. The fourth-order valence-electron chi connectivity index (χ4n) is 1.64. The molecule has 0 aromatic rings. The average molecular weight is 229 g/mol. The fraction of sp³-hybridized carbons (Fsp3) is 0.818. The number of nitrogens with one attached hydrogen (secondary N) is 1. The molecular weight excluding hydrogens is 210 g/mol. The zero-order chi connectivity index (χ0) is 12.0. The van der Waals surface area contributed by atoms with E-state index in [0.29, 0.717) is 19.4 Å². The minimum Gasteiger partial charge on any atom is -0.480 e. The van der Waals surface area contributed by atoms with Crippen molar-refractivity contribution in [2.24, 2.45) is 0 Å². The van der Waals surface area contributed by atoms with Crippen LogP contribution in [0.25, 0.3) is 0 Å². The molecule has 2 N–H and O–H groups in total. The molecule has 1 fully saturated rings. The second-order valence-corrected chi connectivity index (χ2v) is 4.20. The largest absolute Gasteiger partial charge is 0.480 e. The Hall–Kier alpha value is -1.10. The number of carboxylic acid groups (broad SMARTS) is 1. The van der Waals surface area contributed by atoms with Gasteiger partial charge in [-0.1, -0.05) is 13.3 Å². The lowest BCUT2D eigenvalue weighted by Gasteiger charge is -2.38. The summed E-state index contributed by atoms with van der Waals surface area (Å²) in [6.07, 6.45) is 3.81. The first kappa shape index (κ1) is 13.0. The Morgan fingerprint density at radius 1 is 1.44 bits per heavy atom. The van der Waals surface area contributed by atoms with Gasteiger partial charge in [0.05, 0.1) is 0 Å². The Morgan fingerprint density at radius 2 is 2.12 bits per heavy atom. The summed E-state index contributed by atoms with van der Waals surface area (Å²) in [5, 5.41) is 11.5. The zero-order valence-electron chi connectivity index (χ0n) is 9.62. The van der Waals surface area contributed by atoms with Gasteiger partial charge in [0.2, 0.25) is 5.91 Å². The smallest absolute Gasteiger partial charge is 0.329 e. The average Bonchev–Trinajstić information content (AvgIpc) is 2.18. The number of ether oxygens (including phenoxy) is 1. The second-order valence-electron chi connectivity index (χ2n) is 4.20. The van der Waals surface area contributed by atoms with Crippen molar-refractivity contribution >= 4 is 11.9 Å². The monoisotopic (exact) mass is 229 g/mol. The molecule has 0 aliphatic heterocycles. The topological polar surface area (TPSA) is 75.6 Å². The first-order valence-corrected chi connectivity index (χ1v) is 5.73. The molecule has 0 bridgehead atoms. The van der Waals surface area contributed by atoms with Crippen LogP contribution < -0.4 is 5.32 Å². The third-order valence-corrected chi connectivity index (χ3v) is 2.87. The molecule has 5 heteroatoms. The molecule has 1 rings (SSSR count). The van der Waals surface area contributed by atoms with Gasteiger partial charge in [-0.15, -0.1) is 0 Å². The van der Waals surface area contributed by atoms with E-state index >= 15 is 0 Å². The number of aliphatic carboxylic acids is 1. The Bertz CT molecular complexity index is 261. The first-order valence-electron chi connectivity index (χ1n) is 5.73. The Labute approximate surface area is 95.2 Å². The van der Waals surface area contributed by atoms with Gasteiger partial charge >= 0.3 is 5.97 Å². The van der Waals surface area contributed by atoms with Gasteiger partial charge in [-0.25, -0.2) is 4.79 Å². The molecule has 0 unspecified atom stereocenters. The van der Waals surface area contributed by atoms with Crippen LogP contribution >= 0.6 is 0 Å². The predicted molar refractivity (Wildman–Crippen MR) is 58.1 cm³/mol. The zero-order valence-corrected chi connectivity index (χ0v) is 9.62. The molecular formula is C11H19NO4. The van der Waals surface area contributed by atoms with Gasteiger partial charge < -0.3 is 15.2 Å². The molecule has 1 aliphatic rings. The maximum absolute atomic E-state index is 11.4. The summed E-state index contributed by atoms with van der Waals surface area (Å²) < 4.78 is 5.13. The summed E-state index contributed by atoms with van der Waals surface area (Å²) in [5.41, 5.74) is -1.02. The van der Waals surface area contributed by atoms with E-state index in [-0.39, 0.29) is 12.5 Å². The third-order valence-electron chi connectivity index (χ3n) is 2.87. The van der Waals surface area contributed by atoms with Gasteiger partial charge in [-0.2, -0.15) is 0 Å². The Balaban J connectivity index is 2.25. The van der Waals surface area contributed by atoms with Crippen LogP contribution in [0.2, 0.25) is 0 Å². The number of rotatable bonds is 7. The maximum Gasteiger partial charge on any atom is 0.329 e. The van der Waals surface area contributed by atoms with E-state index in [0.717, 1.165) is 19.3 Å². The third kappa shape index (κ3) is 3.20. The van der Waals surface area contributed by atoms with Crippen molar-refractivity contribution < 1.29 is 19.4 Å². The number of hydrogen-bond donors (Lipinski definition) is 2. The highest BCUT2D eigenvalue weighted by Crippen LogP contribution is 2.31. The van der Waals surface area contributed by atoms with E-state index < -0.39 is 11.5 Å². The summed E-state index contributed by atoms with van der Waals surface area (Å²) in [5.74, 6) is -1.28. The molecule has 92 valence electrons. The standard InChI is InChI=1S/C11H19NO4/c1-2-3-7-16-8-9(13)12-11(10(14)15)5-4-6-11/h2-8H2,1H3,(H,12,13)(H,14,15). The van der Waals surface area contributed by atoms with Crippen molar-refractivity contribution in [3.8, 4) is 0 Å². The molecule has 0 aromatic heterocycles. The SMILES string of the molecule is CCCCOCC(=O)NC1(C(=O)O)CCC1. The van der Waals surface area contributed by atoms with E-state index in [2.05, 4.69) is 5.32 Å². The van der Waals surface area contributed by atoms with E-state index in [1.165, 1.54) is 0 Å². The summed E-state index contributed by atoms with van der Waals surface area (Å²) in [6, 6.07) is 0. The Morgan fingerprint density at radius 3 is 2.56 bits per heavy atom. The van der Waals surface area contributed by atoms with Crippen LogP contribution in [-0.2, 0) is 14.3 Å². The van der Waals surface area contributed by atoms with Crippen molar-refractivity contribution in [3.63, 3.8) is 0 Å². The van der Waals surface area contributed by atoms with Crippen LogP contribution in [-0.4, -0.2) is 35.7 Å². The van der Waals surface area contributed by atoms with Crippen molar-refractivity contribution in [2.75, 3.05) is 13.2 Å². The van der Waals surface area contributed by atoms with Gasteiger partial charge in [-0.3, -0.25) is 4.79 Å². The van der Waals surface area contributed by atoms with E-state index in [9.17, 15) is 9.59 Å². The maximum atomic E-state index is 11.4. The van der Waals surface area contributed by atoms with Crippen LogP contribution in [0.5, 0.6) is 0 Å². The second kappa shape index (κ2) is 5.84. The van der Waals surface area contributed by atoms with Crippen LogP contribution in [0.15, 0.2) is 0 Å². The molecule has 0 heterocycles. The highest BCUT2D eigenvalue weighted by Gasteiger charge is 2.45. The number of hydrogen-bond acceptors (Lipinski definition) is 3. The number of carbonyl (C=O) groups is 2. The number of carboxylic acids is 1. The van der Waals surface area contributed by atoms with Crippen molar-refractivity contribution in [3.05, 3.63) is 0 Å². The molecule has 1 saturated carbocycles. The van der Waals surface area contributed by atoms with Crippen LogP contribution in [0.4, 0.5) is 0 Å². The first-order chi connectivity index (χ1) is 7.60. The lowest BCUT2D eigenvalue weighted by atomic mass is 9.77. The van der Waals surface area contributed by atoms with Gasteiger partial charge in [0.25, 0.3) is 0 Å². The normalized spacial score (nSPS) is 17.6. The quantitative estimate of drug-likeness (QED) is 0.637. The molecule has 0 aromatic carbocycles. The van der Waals surface area contributed by atoms with Crippen LogP contribution in [0.1, 0.15) is 39.0 Å². The van der Waals surface area contributed by atoms with E-state index in [1.54, 1.807) is 0 Å². The highest BCUT2D eigenvalue weighted by atomic mass is 16.5. The van der Waals surface area contributed by atoms with Crippen LogP contribution in [0, 0.1) is 0 Å². The molecule has 5 nitrogen and oxygen atoms in total. The van der Waals surface area contributed by atoms with Gasteiger partial charge in [0.1, 0.15) is 12.1 Å². The van der Waals surface area contributed by atoms with Crippen LogP contribution in [0.3, 0.4) is 0 Å². The van der Waals surface area contributed by atoms with Crippen molar-refractivity contribution in [1.29, 1.82) is 0 Å².